The molecule has 308 valence electrons. The number of nitrogens with one attached hydrogen (secondary N) is 3. The second kappa shape index (κ2) is 19.5. The van der Waals surface area contributed by atoms with Crippen LogP contribution in [0.2, 0.25) is 0 Å². The van der Waals surface area contributed by atoms with E-state index >= 15 is 0 Å². The van der Waals surface area contributed by atoms with Gasteiger partial charge in [0.25, 0.3) is 0 Å². The average Bonchev–Trinajstić information content (AvgIpc) is 3.23. The van der Waals surface area contributed by atoms with Gasteiger partial charge in [-0.1, -0.05) is 127 Å². The SMILES string of the molecule is Cc1cc(C)c(Nc2ccc(C(c3ccc(Nc4c(C)cc(C)cc4C)cc3)c3ccc(NC4CCCCC4Cl)c4ccccc34)cc2)c(C)c1.Cc1ccccc1CS. The number of halogens is 1. The number of fused-ring (bicyclic) bond motifs is 1. The summed E-state index contributed by atoms with van der Waals surface area (Å²) in [6.45, 7) is 15.1. The summed E-state index contributed by atoms with van der Waals surface area (Å²) >= 11 is 11.0. The van der Waals surface area contributed by atoms with Crippen LogP contribution in [0.15, 0.2) is 133 Å². The van der Waals surface area contributed by atoms with E-state index in [1.54, 1.807) is 0 Å². The van der Waals surface area contributed by atoms with Crippen LogP contribution in [0.1, 0.15) is 92.8 Å². The Morgan fingerprint density at radius 1 is 0.550 bits per heavy atom. The zero-order chi connectivity index (χ0) is 42.3. The summed E-state index contributed by atoms with van der Waals surface area (Å²) in [5, 5.41) is 13.9. The van der Waals surface area contributed by atoms with Gasteiger partial charge in [0.05, 0.1) is 5.38 Å². The highest BCUT2D eigenvalue weighted by Crippen LogP contribution is 2.41. The summed E-state index contributed by atoms with van der Waals surface area (Å²) in [6, 6.07) is 49.0. The minimum absolute atomic E-state index is 0.0354. The molecule has 7 aromatic carbocycles. The van der Waals surface area contributed by atoms with Crippen LogP contribution < -0.4 is 16.0 Å². The van der Waals surface area contributed by atoms with Gasteiger partial charge >= 0.3 is 0 Å². The first kappa shape index (κ1) is 42.9. The number of hydrogen-bond donors (Lipinski definition) is 4. The normalized spacial score (nSPS) is 15.0. The topological polar surface area (TPSA) is 36.1 Å². The number of anilines is 5. The lowest BCUT2D eigenvalue weighted by Gasteiger charge is -2.30. The minimum Gasteiger partial charge on any atom is -0.380 e. The van der Waals surface area contributed by atoms with E-state index in [0.717, 1.165) is 35.7 Å². The molecule has 1 fully saturated rings. The van der Waals surface area contributed by atoms with Gasteiger partial charge < -0.3 is 16.0 Å². The summed E-state index contributed by atoms with van der Waals surface area (Å²) in [5.74, 6) is 0.875. The average molecular weight is 831 g/mol. The smallest absolute Gasteiger partial charge is 0.0537 e. The molecule has 7 aromatic rings. The molecule has 1 aliphatic rings. The lowest BCUT2D eigenvalue weighted by atomic mass is 9.82. The van der Waals surface area contributed by atoms with Crippen LogP contribution in [0.5, 0.6) is 0 Å². The molecular formula is C55H60ClN3S. The Morgan fingerprint density at radius 2 is 1.03 bits per heavy atom. The van der Waals surface area contributed by atoms with Gasteiger partial charge in [0.15, 0.2) is 0 Å². The van der Waals surface area contributed by atoms with E-state index in [2.05, 4.69) is 198 Å². The molecular weight excluding hydrogens is 770 g/mol. The summed E-state index contributed by atoms with van der Waals surface area (Å²) in [6.07, 6.45) is 4.61. The van der Waals surface area contributed by atoms with Crippen molar-refractivity contribution in [1.82, 2.24) is 0 Å². The molecule has 0 spiro atoms. The van der Waals surface area contributed by atoms with E-state index in [9.17, 15) is 0 Å². The van der Waals surface area contributed by atoms with Crippen molar-refractivity contribution < 1.29 is 0 Å². The lowest BCUT2D eigenvalue weighted by molar-refractivity contribution is 0.470. The van der Waals surface area contributed by atoms with Crippen LogP contribution in [0.4, 0.5) is 28.4 Å². The second-order valence-corrected chi connectivity index (χ2v) is 17.7. The molecule has 2 unspecified atom stereocenters. The van der Waals surface area contributed by atoms with Crippen molar-refractivity contribution in [2.45, 2.75) is 97.2 Å². The largest absolute Gasteiger partial charge is 0.380 e. The number of hydrogen-bond acceptors (Lipinski definition) is 4. The molecule has 0 aromatic heterocycles. The fraction of sp³-hybridized carbons (Fsp3) is 0.273. The summed E-state index contributed by atoms with van der Waals surface area (Å²) in [4.78, 5) is 0. The zero-order valence-electron chi connectivity index (χ0n) is 36.3. The predicted octanol–water partition coefficient (Wildman–Crippen LogP) is 15.7. The first-order chi connectivity index (χ1) is 29.0. The van der Waals surface area contributed by atoms with Crippen molar-refractivity contribution in [2.75, 3.05) is 16.0 Å². The molecule has 2 atom stereocenters. The highest BCUT2D eigenvalue weighted by atomic mass is 35.5. The van der Waals surface area contributed by atoms with Crippen molar-refractivity contribution in [3.63, 3.8) is 0 Å². The van der Waals surface area contributed by atoms with Crippen LogP contribution in [0, 0.1) is 48.5 Å². The molecule has 0 bridgehead atoms. The monoisotopic (exact) mass is 829 g/mol. The van der Waals surface area contributed by atoms with Crippen molar-refractivity contribution >= 4 is 63.4 Å². The maximum Gasteiger partial charge on any atom is 0.0537 e. The molecule has 0 heterocycles. The number of rotatable bonds is 10. The first-order valence-electron chi connectivity index (χ1n) is 21.5. The maximum atomic E-state index is 6.83. The Balaban J connectivity index is 0.000000537. The highest BCUT2D eigenvalue weighted by molar-refractivity contribution is 7.79. The Morgan fingerprint density at radius 3 is 1.52 bits per heavy atom. The van der Waals surface area contributed by atoms with E-state index in [1.807, 2.05) is 12.1 Å². The number of aryl methyl sites for hydroxylation is 7. The van der Waals surface area contributed by atoms with Gasteiger partial charge in [-0.15, -0.1) is 11.6 Å². The van der Waals surface area contributed by atoms with Gasteiger partial charge in [0, 0.05) is 51.5 Å². The first-order valence-corrected chi connectivity index (χ1v) is 22.5. The second-order valence-electron chi connectivity index (χ2n) is 16.9. The molecule has 0 saturated heterocycles. The minimum atomic E-state index is 0.0354. The third kappa shape index (κ3) is 10.1. The summed E-state index contributed by atoms with van der Waals surface area (Å²) < 4.78 is 0. The molecule has 1 aliphatic carbocycles. The van der Waals surface area contributed by atoms with Gasteiger partial charge in [-0.25, -0.2) is 0 Å². The molecule has 5 heteroatoms. The van der Waals surface area contributed by atoms with Crippen molar-refractivity contribution in [2.24, 2.45) is 0 Å². The van der Waals surface area contributed by atoms with Crippen LogP contribution >= 0.6 is 24.2 Å². The number of benzene rings is 7. The maximum absolute atomic E-state index is 6.83. The Hall–Kier alpha value is -5.16. The van der Waals surface area contributed by atoms with Gasteiger partial charge in [0.1, 0.15) is 0 Å². The molecule has 3 N–H and O–H groups in total. The summed E-state index contributed by atoms with van der Waals surface area (Å²) in [7, 11) is 0. The molecule has 0 amide bonds. The van der Waals surface area contributed by atoms with E-state index in [4.69, 9.17) is 11.6 Å². The van der Waals surface area contributed by atoms with Gasteiger partial charge in [-0.05, 0) is 147 Å². The van der Waals surface area contributed by atoms with Crippen molar-refractivity contribution in [1.29, 1.82) is 0 Å². The van der Waals surface area contributed by atoms with E-state index in [-0.39, 0.29) is 17.3 Å². The molecule has 60 heavy (non-hydrogen) atoms. The fourth-order valence-corrected chi connectivity index (χ4v) is 9.75. The fourth-order valence-electron chi connectivity index (χ4n) is 9.05. The molecule has 0 aliphatic heterocycles. The van der Waals surface area contributed by atoms with Gasteiger partial charge in [-0.3, -0.25) is 0 Å². The van der Waals surface area contributed by atoms with Crippen molar-refractivity contribution in [3.8, 4) is 0 Å². The molecule has 3 nitrogen and oxygen atoms in total. The van der Waals surface area contributed by atoms with E-state index < -0.39 is 0 Å². The molecule has 1 saturated carbocycles. The van der Waals surface area contributed by atoms with Gasteiger partial charge in [0.2, 0.25) is 0 Å². The Kier molecular flexibility index (Phi) is 13.9. The standard InChI is InChI=1S/C47H50ClN3.C8H10S/c1-29-25-31(3)46(32(4)26-29)49-37-19-15-35(16-20-37)45(36-17-21-38(22-18-36)50-47-33(5)27-30(2)28-34(47)6)41-23-24-43(40-12-8-7-11-39(40)41)51-44-14-10-9-13-42(44)48;1-7-4-2-3-5-8(7)6-9/h7-8,11-12,15-28,42,44-45,49-51H,9-10,13-14H2,1-6H3;2-5,9H,6H2,1H3. The van der Waals surface area contributed by atoms with E-state index in [1.165, 1.54) is 96.2 Å². The third-order valence-corrected chi connectivity index (χ3v) is 13.0. The molecule has 8 rings (SSSR count). The quantitative estimate of drug-likeness (QED) is 0.0630. The zero-order valence-corrected chi connectivity index (χ0v) is 37.9. The van der Waals surface area contributed by atoms with Crippen molar-refractivity contribution in [3.05, 3.63) is 195 Å². The Bertz CT molecular complexity index is 2410. The number of alkyl halides is 1. The third-order valence-electron chi connectivity index (χ3n) is 12.1. The van der Waals surface area contributed by atoms with Crippen LogP contribution in [-0.2, 0) is 5.75 Å². The summed E-state index contributed by atoms with van der Waals surface area (Å²) in [5.41, 5.74) is 19.7. The van der Waals surface area contributed by atoms with E-state index in [0.29, 0.717) is 0 Å². The number of thiol groups is 1. The predicted molar refractivity (Wildman–Crippen MR) is 265 cm³/mol. The highest BCUT2D eigenvalue weighted by Gasteiger charge is 2.25. The molecule has 0 radical (unpaired) electrons. The van der Waals surface area contributed by atoms with Crippen LogP contribution in [0.3, 0.4) is 0 Å². The Labute approximate surface area is 369 Å². The van der Waals surface area contributed by atoms with Gasteiger partial charge in [-0.2, -0.15) is 12.6 Å². The van der Waals surface area contributed by atoms with Crippen LogP contribution in [-0.4, -0.2) is 11.4 Å². The van der Waals surface area contributed by atoms with Crippen LogP contribution in [0.25, 0.3) is 10.8 Å². The lowest BCUT2D eigenvalue weighted by Crippen LogP contribution is -2.32.